The number of carbonyl (C=O) groups is 1. The third kappa shape index (κ3) is 3.75. The molecule has 0 atom stereocenters. The Morgan fingerprint density at radius 1 is 1.27 bits per heavy atom. The average molecular weight is 299 g/mol. The molecule has 0 spiro atoms. The van der Waals surface area contributed by atoms with Crippen molar-refractivity contribution < 1.29 is 9.53 Å². The fourth-order valence-electron chi connectivity index (χ4n) is 1.95. The van der Waals surface area contributed by atoms with E-state index in [9.17, 15) is 4.79 Å². The summed E-state index contributed by atoms with van der Waals surface area (Å²) in [6, 6.07) is 11.4. The van der Waals surface area contributed by atoms with Gasteiger partial charge in [-0.05, 0) is 38.0 Å². The van der Waals surface area contributed by atoms with Crippen LogP contribution in [0.1, 0.15) is 26.3 Å². The summed E-state index contributed by atoms with van der Waals surface area (Å²) in [5, 5.41) is 3.04. The van der Waals surface area contributed by atoms with E-state index in [2.05, 4.69) is 17.2 Å². The molecule has 1 aromatic heterocycles. The van der Waals surface area contributed by atoms with Crippen LogP contribution in [0.3, 0.4) is 0 Å². The van der Waals surface area contributed by atoms with E-state index in [1.165, 1.54) is 0 Å². The highest BCUT2D eigenvalue weighted by atomic mass is 16.5. The van der Waals surface area contributed by atoms with Gasteiger partial charge in [-0.25, -0.2) is 4.98 Å². The van der Waals surface area contributed by atoms with Crippen LogP contribution >= 0.6 is 0 Å². The molecule has 22 heavy (non-hydrogen) atoms. The van der Waals surface area contributed by atoms with Gasteiger partial charge in [-0.2, -0.15) is 0 Å². The Morgan fingerprint density at radius 2 is 2.00 bits per heavy atom. The summed E-state index contributed by atoms with van der Waals surface area (Å²) in [6.45, 7) is 5.52. The van der Waals surface area contributed by atoms with Crippen LogP contribution in [0.25, 0.3) is 0 Å². The summed E-state index contributed by atoms with van der Waals surface area (Å²) in [5.74, 6) is 0.878. The van der Waals surface area contributed by atoms with Gasteiger partial charge in [-0.3, -0.25) is 4.79 Å². The number of aryl methyl sites for hydroxylation is 1. The van der Waals surface area contributed by atoms with E-state index >= 15 is 0 Å². The number of aromatic nitrogens is 1. The number of para-hydroxylation sites is 1. The lowest BCUT2D eigenvalue weighted by Gasteiger charge is -2.23. The largest absolute Gasteiger partial charge is 0.439 e. The maximum Gasteiger partial charge on any atom is 0.242 e. The highest BCUT2D eigenvalue weighted by molar-refractivity contribution is 5.86. The van der Waals surface area contributed by atoms with Crippen molar-refractivity contribution in [3.8, 4) is 11.6 Å². The molecule has 0 fully saturated rings. The van der Waals surface area contributed by atoms with Crippen LogP contribution in [0.4, 0.5) is 5.69 Å². The summed E-state index contributed by atoms with van der Waals surface area (Å²) in [5.41, 5.74) is 6.34. The summed E-state index contributed by atoms with van der Waals surface area (Å²) < 4.78 is 5.80. The zero-order valence-electron chi connectivity index (χ0n) is 13.1. The standard InChI is InChI=1S/C17H21N3O2/c1-4-12-7-5-6-8-14(12)22-15-10-9-13(11-19-15)20-17(2,3)16(18)21/h5-11,20H,4H2,1-3H3,(H2,18,21). The molecule has 0 aliphatic rings. The predicted molar refractivity (Wildman–Crippen MR) is 87.0 cm³/mol. The van der Waals surface area contributed by atoms with Crippen molar-refractivity contribution in [1.29, 1.82) is 0 Å². The normalized spacial score (nSPS) is 11.0. The van der Waals surface area contributed by atoms with Gasteiger partial charge >= 0.3 is 0 Å². The fourth-order valence-corrected chi connectivity index (χ4v) is 1.95. The molecule has 5 nitrogen and oxygen atoms in total. The van der Waals surface area contributed by atoms with Gasteiger partial charge in [0, 0.05) is 6.07 Å². The topological polar surface area (TPSA) is 77.2 Å². The molecule has 0 aliphatic carbocycles. The highest BCUT2D eigenvalue weighted by Crippen LogP contribution is 2.25. The van der Waals surface area contributed by atoms with Crippen LogP contribution in [0.2, 0.25) is 0 Å². The Labute approximate surface area is 130 Å². The third-order valence-corrected chi connectivity index (χ3v) is 3.38. The molecule has 2 rings (SSSR count). The Hall–Kier alpha value is -2.56. The lowest BCUT2D eigenvalue weighted by atomic mass is 10.1. The van der Waals surface area contributed by atoms with Crippen LogP contribution in [0.15, 0.2) is 42.6 Å². The molecule has 1 heterocycles. The number of amides is 1. The van der Waals surface area contributed by atoms with E-state index in [4.69, 9.17) is 10.5 Å². The molecule has 1 amide bonds. The zero-order chi connectivity index (χ0) is 16.2. The van der Waals surface area contributed by atoms with Gasteiger partial charge in [-0.15, -0.1) is 0 Å². The van der Waals surface area contributed by atoms with Crippen molar-refractivity contribution in [2.45, 2.75) is 32.7 Å². The molecule has 0 aliphatic heterocycles. The first kappa shape index (κ1) is 15.8. The number of hydrogen-bond acceptors (Lipinski definition) is 4. The number of nitrogens with two attached hydrogens (primary N) is 1. The van der Waals surface area contributed by atoms with E-state index in [-0.39, 0.29) is 0 Å². The molecule has 0 unspecified atom stereocenters. The number of primary amides is 1. The number of pyridine rings is 1. The molecule has 116 valence electrons. The number of nitrogens with zero attached hydrogens (tertiary/aromatic N) is 1. The molecule has 0 radical (unpaired) electrons. The lowest BCUT2D eigenvalue weighted by Crippen LogP contribution is -2.45. The molecular weight excluding hydrogens is 278 g/mol. The van der Waals surface area contributed by atoms with Crippen LogP contribution in [0, 0.1) is 0 Å². The van der Waals surface area contributed by atoms with Crippen molar-refractivity contribution in [3.05, 3.63) is 48.2 Å². The zero-order valence-corrected chi connectivity index (χ0v) is 13.1. The predicted octanol–water partition coefficient (Wildman–Crippen LogP) is 3.11. The van der Waals surface area contributed by atoms with E-state index in [1.807, 2.05) is 30.3 Å². The quantitative estimate of drug-likeness (QED) is 0.859. The first-order chi connectivity index (χ1) is 10.4. The second-order valence-corrected chi connectivity index (χ2v) is 5.56. The maximum atomic E-state index is 11.3. The van der Waals surface area contributed by atoms with Crippen LogP contribution in [-0.4, -0.2) is 16.4 Å². The second-order valence-electron chi connectivity index (χ2n) is 5.56. The van der Waals surface area contributed by atoms with Crippen molar-refractivity contribution >= 4 is 11.6 Å². The average Bonchev–Trinajstić information content (AvgIpc) is 2.49. The number of anilines is 1. The molecular formula is C17H21N3O2. The van der Waals surface area contributed by atoms with Gasteiger partial charge in [0.15, 0.2) is 0 Å². The van der Waals surface area contributed by atoms with Crippen molar-refractivity contribution in [2.75, 3.05) is 5.32 Å². The summed E-state index contributed by atoms with van der Waals surface area (Å²) in [7, 11) is 0. The second kappa shape index (κ2) is 6.47. The molecule has 0 bridgehead atoms. The van der Waals surface area contributed by atoms with Gasteiger partial charge < -0.3 is 15.8 Å². The van der Waals surface area contributed by atoms with Gasteiger partial charge in [0.05, 0.1) is 11.9 Å². The molecule has 1 aromatic carbocycles. The van der Waals surface area contributed by atoms with Gasteiger partial charge in [0.25, 0.3) is 0 Å². The van der Waals surface area contributed by atoms with Crippen molar-refractivity contribution in [1.82, 2.24) is 4.98 Å². The van der Waals surface area contributed by atoms with Crippen molar-refractivity contribution in [2.24, 2.45) is 5.73 Å². The monoisotopic (exact) mass is 299 g/mol. The maximum absolute atomic E-state index is 11.3. The molecule has 2 aromatic rings. The molecule has 3 N–H and O–H groups in total. The highest BCUT2D eigenvalue weighted by Gasteiger charge is 2.24. The number of hydrogen-bond donors (Lipinski definition) is 2. The molecule has 0 saturated heterocycles. The molecule has 0 saturated carbocycles. The summed E-state index contributed by atoms with van der Waals surface area (Å²) in [4.78, 5) is 15.6. The van der Waals surface area contributed by atoms with Crippen molar-refractivity contribution in [3.63, 3.8) is 0 Å². The minimum Gasteiger partial charge on any atom is -0.439 e. The van der Waals surface area contributed by atoms with Gasteiger partial charge in [-0.1, -0.05) is 25.1 Å². The Kier molecular flexibility index (Phi) is 4.65. The Balaban J connectivity index is 2.11. The minimum absolute atomic E-state index is 0.426. The summed E-state index contributed by atoms with van der Waals surface area (Å²) >= 11 is 0. The molecule has 5 heteroatoms. The number of benzene rings is 1. The smallest absolute Gasteiger partial charge is 0.242 e. The lowest BCUT2D eigenvalue weighted by molar-refractivity contribution is -0.121. The number of carbonyl (C=O) groups excluding carboxylic acids is 1. The Morgan fingerprint density at radius 3 is 2.59 bits per heavy atom. The number of nitrogens with one attached hydrogen (secondary N) is 1. The van der Waals surface area contributed by atoms with E-state index in [1.54, 1.807) is 26.1 Å². The Bertz CT molecular complexity index is 651. The van der Waals surface area contributed by atoms with Gasteiger partial charge in [0.2, 0.25) is 11.8 Å². The fraction of sp³-hybridized carbons (Fsp3) is 0.294. The van der Waals surface area contributed by atoms with E-state index < -0.39 is 11.4 Å². The van der Waals surface area contributed by atoms with E-state index in [0.29, 0.717) is 11.6 Å². The van der Waals surface area contributed by atoms with Gasteiger partial charge in [0.1, 0.15) is 11.3 Å². The summed E-state index contributed by atoms with van der Waals surface area (Å²) in [6.07, 6.45) is 2.51. The minimum atomic E-state index is -0.834. The third-order valence-electron chi connectivity index (χ3n) is 3.38. The van der Waals surface area contributed by atoms with E-state index in [0.717, 1.165) is 17.7 Å². The van der Waals surface area contributed by atoms with Crippen LogP contribution < -0.4 is 15.8 Å². The first-order valence-electron chi connectivity index (χ1n) is 7.22. The first-order valence-corrected chi connectivity index (χ1v) is 7.22. The number of rotatable bonds is 6. The number of ether oxygens (including phenoxy) is 1. The van der Waals surface area contributed by atoms with Crippen LogP contribution in [0.5, 0.6) is 11.6 Å². The SMILES string of the molecule is CCc1ccccc1Oc1ccc(NC(C)(C)C(N)=O)cn1. The van der Waals surface area contributed by atoms with Crippen LogP contribution in [-0.2, 0) is 11.2 Å².